The molecule has 0 radical (unpaired) electrons. The van der Waals surface area contributed by atoms with Crippen molar-refractivity contribution in [2.24, 2.45) is 0 Å². The van der Waals surface area contributed by atoms with Crippen molar-refractivity contribution in [2.75, 3.05) is 21.9 Å². The first-order chi connectivity index (χ1) is 13.1. The van der Waals surface area contributed by atoms with E-state index in [1.54, 1.807) is 12.1 Å². The number of hydrogen-bond acceptors (Lipinski definition) is 3. The van der Waals surface area contributed by atoms with Crippen LogP contribution in [0.5, 0.6) is 0 Å². The lowest BCUT2D eigenvalue weighted by Crippen LogP contribution is -2.38. The summed E-state index contributed by atoms with van der Waals surface area (Å²) in [6.45, 7) is 0.156. The highest BCUT2D eigenvalue weighted by atomic mass is 35.5. The largest absolute Gasteiger partial charge is 0.417 e. The van der Waals surface area contributed by atoms with E-state index in [1.165, 1.54) is 12.1 Å². The molecular formula is C18H16ClF3N2O3S. The zero-order valence-corrected chi connectivity index (χ0v) is 16.0. The molecule has 1 amide bonds. The highest BCUT2D eigenvalue weighted by Gasteiger charge is 2.36. The van der Waals surface area contributed by atoms with Crippen molar-refractivity contribution >= 4 is 38.9 Å². The molecule has 150 valence electrons. The Morgan fingerprint density at radius 2 is 1.86 bits per heavy atom. The van der Waals surface area contributed by atoms with Crippen LogP contribution in [0.2, 0.25) is 5.02 Å². The van der Waals surface area contributed by atoms with Gasteiger partial charge in [0.1, 0.15) is 0 Å². The molecule has 1 saturated heterocycles. The first kappa shape index (κ1) is 20.5. The van der Waals surface area contributed by atoms with Crippen LogP contribution in [0.15, 0.2) is 42.5 Å². The molecule has 0 aromatic heterocycles. The summed E-state index contributed by atoms with van der Waals surface area (Å²) in [4.78, 5) is 12.6. The molecule has 0 aliphatic carbocycles. The van der Waals surface area contributed by atoms with Gasteiger partial charge in [-0.05, 0) is 49.2 Å². The molecule has 28 heavy (non-hydrogen) atoms. The fourth-order valence-corrected chi connectivity index (χ4v) is 4.79. The van der Waals surface area contributed by atoms with E-state index in [2.05, 4.69) is 5.32 Å². The number of benzene rings is 2. The number of nitrogens with zero attached hydrogens (tertiary/aromatic N) is 1. The number of nitrogens with one attached hydrogen (secondary N) is 1. The van der Waals surface area contributed by atoms with E-state index < -0.39 is 33.2 Å². The maximum Gasteiger partial charge on any atom is 0.417 e. The first-order valence-corrected chi connectivity index (χ1v) is 10.4. The van der Waals surface area contributed by atoms with Crippen molar-refractivity contribution in [3.05, 3.63) is 58.6 Å². The monoisotopic (exact) mass is 432 g/mol. The van der Waals surface area contributed by atoms with Crippen molar-refractivity contribution < 1.29 is 26.4 Å². The van der Waals surface area contributed by atoms with Gasteiger partial charge in [-0.3, -0.25) is 9.10 Å². The van der Waals surface area contributed by atoms with Gasteiger partial charge in [-0.25, -0.2) is 8.42 Å². The zero-order chi connectivity index (χ0) is 20.5. The Kier molecular flexibility index (Phi) is 5.58. The van der Waals surface area contributed by atoms with Crippen LogP contribution < -0.4 is 9.62 Å². The summed E-state index contributed by atoms with van der Waals surface area (Å²) in [5, 5.41) is 2.68. The number of halogens is 4. The Hall–Kier alpha value is -2.26. The molecule has 1 aliphatic heterocycles. The van der Waals surface area contributed by atoms with Gasteiger partial charge in [0.25, 0.3) is 5.91 Å². The number of sulfonamides is 1. The van der Waals surface area contributed by atoms with E-state index in [4.69, 9.17) is 11.6 Å². The van der Waals surface area contributed by atoms with E-state index in [0.717, 1.165) is 22.5 Å². The molecule has 0 spiro atoms. The van der Waals surface area contributed by atoms with E-state index in [0.29, 0.717) is 17.9 Å². The molecule has 1 heterocycles. The van der Waals surface area contributed by atoms with Crippen LogP contribution in [0, 0.1) is 0 Å². The molecule has 3 rings (SSSR count). The average Bonchev–Trinajstić information content (AvgIpc) is 2.60. The lowest BCUT2D eigenvalue weighted by molar-refractivity contribution is -0.137. The highest BCUT2D eigenvalue weighted by molar-refractivity contribution is 7.92. The predicted octanol–water partition coefficient (Wildman–Crippen LogP) is 4.54. The van der Waals surface area contributed by atoms with Gasteiger partial charge in [0.05, 0.1) is 22.6 Å². The quantitative estimate of drug-likeness (QED) is 0.774. The van der Waals surface area contributed by atoms with Crippen LogP contribution in [0.1, 0.15) is 28.8 Å². The molecule has 2 aromatic rings. The fraction of sp³-hybridized carbons (Fsp3) is 0.278. The number of amides is 1. The summed E-state index contributed by atoms with van der Waals surface area (Å²) in [5.41, 5.74) is -1.55. The molecule has 0 unspecified atom stereocenters. The normalized spacial score (nSPS) is 16.6. The SMILES string of the molecule is O=C(Nc1cccc(Cl)c1)c1cc(N2CCCCS2(=O)=O)ccc1C(F)(F)F. The predicted molar refractivity (Wildman–Crippen MR) is 101 cm³/mol. The minimum Gasteiger partial charge on any atom is -0.322 e. The lowest BCUT2D eigenvalue weighted by atomic mass is 10.0. The van der Waals surface area contributed by atoms with Gasteiger partial charge in [-0.15, -0.1) is 0 Å². The molecule has 1 fully saturated rings. The van der Waals surface area contributed by atoms with Crippen LogP contribution in [-0.4, -0.2) is 26.6 Å². The number of anilines is 2. The van der Waals surface area contributed by atoms with Crippen LogP contribution in [0.25, 0.3) is 0 Å². The Labute approximate surface area is 165 Å². The Morgan fingerprint density at radius 1 is 1.11 bits per heavy atom. The standard InChI is InChI=1S/C18H16ClF3N2O3S/c19-12-4-3-5-13(10-12)23-17(25)15-11-14(6-7-16(15)18(20,21)22)24-8-1-2-9-28(24,26)27/h3-7,10-11H,1-2,8-9H2,(H,23,25). The van der Waals surface area contributed by atoms with E-state index >= 15 is 0 Å². The Morgan fingerprint density at radius 3 is 2.50 bits per heavy atom. The molecule has 1 aliphatic rings. The van der Waals surface area contributed by atoms with Crippen molar-refractivity contribution in [1.29, 1.82) is 0 Å². The van der Waals surface area contributed by atoms with Gasteiger partial charge >= 0.3 is 6.18 Å². The van der Waals surface area contributed by atoms with Gasteiger partial charge < -0.3 is 5.32 Å². The van der Waals surface area contributed by atoms with Gasteiger partial charge in [0, 0.05) is 17.3 Å². The maximum atomic E-state index is 13.4. The maximum absolute atomic E-state index is 13.4. The van der Waals surface area contributed by atoms with Crippen molar-refractivity contribution in [3.8, 4) is 0 Å². The van der Waals surface area contributed by atoms with Gasteiger partial charge in [-0.2, -0.15) is 13.2 Å². The Bertz CT molecular complexity index is 1010. The summed E-state index contributed by atoms with van der Waals surface area (Å²) in [7, 11) is -3.63. The molecule has 0 atom stereocenters. The number of carbonyl (C=O) groups excluding carboxylic acids is 1. The van der Waals surface area contributed by atoms with Crippen LogP contribution in [-0.2, 0) is 16.2 Å². The minimum atomic E-state index is -4.78. The minimum absolute atomic E-state index is 0.0314. The molecule has 1 N–H and O–H groups in total. The second-order valence-corrected chi connectivity index (χ2v) is 8.74. The molecule has 2 aromatic carbocycles. The summed E-state index contributed by atoms with van der Waals surface area (Å²) in [6, 6.07) is 8.74. The first-order valence-electron chi connectivity index (χ1n) is 8.36. The number of hydrogen-bond donors (Lipinski definition) is 1. The highest BCUT2D eigenvalue weighted by Crippen LogP contribution is 2.35. The molecular weight excluding hydrogens is 417 g/mol. The number of carbonyl (C=O) groups is 1. The van der Waals surface area contributed by atoms with Crippen LogP contribution in [0.3, 0.4) is 0 Å². The topological polar surface area (TPSA) is 66.5 Å². The summed E-state index contributed by atoms with van der Waals surface area (Å²) in [6.07, 6.45) is -3.70. The second kappa shape index (κ2) is 7.63. The summed E-state index contributed by atoms with van der Waals surface area (Å²) < 4.78 is 65.8. The fourth-order valence-electron chi connectivity index (χ4n) is 2.97. The smallest absolute Gasteiger partial charge is 0.322 e. The third-order valence-electron chi connectivity index (χ3n) is 4.27. The average molecular weight is 433 g/mol. The summed E-state index contributed by atoms with van der Waals surface area (Å²) >= 11 is 5.83. The van der Waals surface area contributed by atoms with Crippen molar-refractivity contribution in [3.63, 3.8) is 0 Å². The van der Waals surface area contributed by atoms with Gasteiger partial charge in [0.15, 0.2) is 0 Å². The number of rotatable bonds is 3. The van der Waals surface area contributed by atoms with Gasteiger partial charge in [0.2, 0.25) is 10.0 Å². The Balaban J connectivity index is 2.02. The molecule has 0 bridgehead atoms. The number of alkyl halides is 3. The van der Waals surface area contributed by atoms with Crippen LogP contribution >= 0.6 is 11.6 Å². The van der Waals surface area contributed by atoms with Crippen molar-refractivity contribution in [1.82, 2.24) is 0 Å². The third-order valence-corrected chi connectivity index (χ3v) is 6.38. The molecule has 0 saturated carbocycles. The molecule has 10 heteroatoms. The van der Waals surface area contributed by atoms with E-state index in [9.17, 15) is 26.4 Å². The van der Waals surface area contributed by atoms with Gasteiger partial charge in [-0.1, -0.05) is 17.7 Å². The molecule has 5 nitrogen and oxygen atoms in total. The second-order valence-electron chi connectivity index (χ2n) is 6.29. The van der Waals surface area contributed by atoms with Crippen molar-refractivity contribution in [2.45, 2.75) is 19.0 Å². The van der Waals surface area contributed by atoms with E-state index in [-0.39, 0.29) is 23.7 Å². The zero-order valence-electron chi connectivity index (χ0n) is 14.5. The third kappa shape index (κ3) is 4.41. The van der Waals surface area contributed by atoms with Crippen LogP contribution in [0.4, 0.5) is 24.5 Å². The lowest BCUT2D eigenvalue weighted by Gasteiger charge is -2.29. The van der Waals surface area contributed by atoms with E-state index in [1.807, 2.05) is 0 Å². The summed E-state index contributed by atoms with van der Waals surface area (Å²) in [5.74, 6) is -1.09.